The van der Waals surface area contributed by atoms with Crippen molar-refractivity contribution in [1.29, 1.82) is 0 Å². The lowest BCUT2D eigenvalue weighted by Crippen LogP contribution is -1.96. The maximum Gasteiger partial charge on any atom is 0.290 e. The van der Waals surface area contributed by atoms with Crippen molar-refractivity contribution in [2.24, 2.45) is 0 Å². The highest BCUT2D eigenvalue weighted by Gasteiger charge is 2.06. The van der Waals surface area contributed by atoms with E-state index in [4.69, 9.17) is 20.4 Å². The van der Waals surface area contributed by atoms with Crippen molar-refractivity contribution in [3.05, 3.63) is 29.3 Å². The minimum Gasteiger partial charge on any atom is -0.483 e. The number of nitrogen functional groups attached to an aromatic ring is 1. The number of hydrogen-bond acceptors (Lipinski definition) is 4. The molecule has 2 aromatic rings. The van der Waals surface area contributed by atoms with Crippen LogP contribution in [-0.2, 0) is 4.79 Å². The van der Waals surface area contributed by atoms with E-state index < -0.39 is 0 Å². The summed E-state index contributed by atoms with van der Waals surface area (Å²) < 4.78 is 5.09. The predicted octanol–water partition coefficient (Wildman–Crippen LogP) is 2.14. The minimum absolute atomic E-state index is 0.250. The molecule has 0 saturated heterocycles. The van der Waals surface area contributed by atoms with Gasteiger partial charge in [-0.05, 0) is 37.1 Å². The number of benzene rings is 1. The van der Waals surface area contributed by atoms with E-state index in [1.165, 1.54) is 0 Å². The van der Waals surface area contributed by atoms with E-state index in [-0.39, 0.29) is 6.47 Å². The van der Waals surface area contributed by atoms with Gasteiger partial charge in [-0.15, -0.1) is 0 Å². The standard InChI is InChI=1S/C12H14N2O.CH2O2/c1-7-6-10-9(8(2)12(7)13)4-5-11(14-10)15-3;2-1-3/h4-6H,13H2,1-3H3;1H,(H,2,3). The number of pyridine rings is 1. The monoisotopic (exact) mass is 248 g/mol. The van der Waals surface area contributed by atoms with E-state index in [2.05, 4.69) is 4.98 Å². The third-order valence-electron chi connectivity index (χ3n) is 2.69. The van der Waals surface area contributed by atoms with Gasteiger partial charge in [-0.25, -0.2) is 4.98 Å². The Morgan fingerprint density at radius 2 is 2.00 bits per heavy atom. The molecule has 3 N–H and O–H groups in total. The summed E-state index contributed by atoms with van der Waals surface area (Å²) in [4.78, 5) is 12.7. The van der Waals surface area contributed by atoms with Gasteiger partial charge in [-0.2, -0.15) is 0 Å². The largest absolute Gasteiger partial charge is 0.483 e. The summed E-state index contributed by atoms with van der Waals surface area (Å²) in [6.45, 7) is 3.75. The van der Waals surface area contributed by atoms with Crippen LogP contribution in [0.1, 0.15) is 11.1 Å². The summed E-state index contributed by atoms with van der Waals surface area (Å²) >= 11 is 0. The van der Waals surface area contributed by atoms with Gasteiger partial charge in [-0.1, -0.05) is 0 Å². The molecule has 1 aromatic heterocycles. The van der Waals surface area contributed by atoms with Crippen LogP contribution in [0.15, 0.2) is 18.2 Å². The number of carbonyl (C=O) groups is 1. The molecule has 2 rings (SSSR count). The summed E-state index contributed by atoms with van der Waals surface area (Å²) in [5, 5.41) is 7.97. The lowest BCUT2D eigenvalue weighted by atomic mass is 10.0. The molecular formula is C13H16N2O3. The summed E-state index contributed by atoms with van der Waals surface area (Å²) in [5.41, 5.74) is 9.87. The highest BCUT2D eigenvalue weighted by Crippen LogP contribution is 2.27. The zero-order valence-electron chi connectivity index (χ0n) is 10.6. The van der Waals surface area contributed by atoms with Crippen LogP contribution < -0.4 is 10.5 Å². The molecule has 0 unspecified atom stereocenters. The number of methoxy groups -OCH3 is 1. The Morgan fingerprint density at radius 1 is 1.39 bits per heavy atom. The first-order valence-electron chi connectivity index (χ1n) is 5.33. The van der Waals surface area contributed by atoms with Gasteiger partial charge in [0.1, 0.15) is 0 Å². The fourth-order valence-electron chi connectivity index (χ4n) is 1.72. The van der Waals surface area contributed by atoms with Crippen molar-refractivity contribution < 1.29 is 14.6 Å². The fourth-order valence-corrected chi connectivity index (χ4v) is 1.72. The highest BCUT2D eigenvalue weighted by molar-refractivity contribution is 5.88. The van der Waals surface area contributed by atoms with Crippen LogP contribution in [0.4, 0.5) is 5.69 Å². The van der Waals surface area contributed by atoms with Crippen molar-refractivity contribution in [3.8, 4) is 5.88 Å². The van der Waals surface area contributed by atoms with Gasteiger partial charge < -0.3 is 15.6 Å². The number of ether oxygens (including phenoxy) is 1. The minimum atomic E-state index is -0.250. The molecule has 0 fully saturated rings. The van der Waals surface area contributed by atoms with Crippen LogP contribution in [0.5, 0.6) is 5.88 Å². The third-order valence-corrected chi connectivity index (χ3v) is 2.69. The van der Waals surface area contributed by atoms with Gasteiger partial charge in [-0.3, -0.25) is 4.79 Å². The maximum absolute atomic E-state index is 8.36. The molecule has 0 bridgehead atoms. The molecule has 18 heavy (non-hydrogen) atoms. The Labute approximate surface area is 105 Å². The van der Waals surface area contributed by atoms with E-state index in [0.29, 0.717) is 5.88 Å². The zero-order valence-corrected chi connectivity index (χ0v) is 10.6. The zero-order chi connectivity index (χ0) is 13.7. The molecule has 96 valence electrons. The summed E-state index contributed by atoms with van der Waals surface area (Å²) in [6.07, 6.45) is 0. The second kappa shape index (κ2) is 5.86. The van der Waals surface area contributed by atoms with E-state index in [0.717, 1.165) is 27.7 Å². The lowest BCUT2D eigenvalue weighted by molar-refractivity contribution is -0.122. The molecule has 1 aromatic carbocycles. The van der Waals surface area contributed by atoms with Gasteiger partial charge in [0.25, 0.3) is 6.47 Å². The number of carboxylic acid groups (broad SMARTS) is 1. The Hall–Kier alpha value is -2.30. The summed E-state index contributed by atoms with van der Waals surface area (Å²) in [5.74, 6) is 0.631. The number of aromatic nitrogens is 1. The van der Waals surface area contributed by atoms with Crippen LogP contribution in [0.2, 0.25) is 0 Å². The number of nitrogens with zero attached hydrogens (tertiary/aromatic N) is 1. The van der Waals surface area contributed by atoms with Crippen LogP contribution in [0, 0.1) is 13.8 Å². The van der Waals surface area contributed by atoms with Crippen molar-refractivity contribution in [2.45, 2.75) is 13.8 Å². The first-order chi connectivity index (χ1) is 8.54. The van der Waals surface area contributed by atoms with Gasteiger partial charge >= 0.3 is 0 Å². The SMILES string of the molecule is COc1ccc2c(C)c(N)c(C)cc2n1.O=CO. The number of aryl methyl sites for hydroxylation is 2. The molecule has 0 spiro atoms. The second-order valence-electron chi connectivity index (χ2n) is 3.76. The smallest absolute Gasteiger partial charge is 0.290 e. The molecule has 0 aliphatic carbocycles. The topological polar surface area (TPSA) is 85.4 Å². The molecule has 0 radical (unpaired) electrons. The molecule has 5 heteroatoms. The van der Waals surface area contributed by atoms with Crippen molar-refractivity contribution >= 4 is 23.1 Å². The first kappa shape index (κ1) is 13.8. The van der Waals surface area contributed by atoms with E-state index in [1.54, 1.807) is 7.11 Å². The average Bonchev–Trinajstić information content (AvgIpc) is 2.36. The van der Waals surface area contributed by atoms with Gasteiger partial charge in [0, 0.05) is 17.1 Å². The molecule has 0 amide bonds. The van der Waals surface area contributed by atoms with Crippen LogP contribution in [0.3, 0.4) is 0 Å². The predicted molar refractivity (Wildman–Crippen MR) is 70.9 cm³/mol. The highest BCUT2D eigenvalue weighted by atomic mass is 16.5. The van der Waals surface area contributed by atoms with Crippen molar-refractivity contribution in [2.75, 3.05) is 12.8 Å². The number of fused-ring (bicyclic) bond motifs is 1. The van der Waals surface area contributed by atoms with Crippen LogP contribution in [-0.4, -0.2) is 23.7 Å². The normalized spacial score (nSPS) is 9.50. The molecule has 1 heterocycles. The molecule has 5 nitrogen and oxygen atoms in total. The number of anilines is 1. The van der Waals surface area contributed by atoms with E-state index in [9.17, 15) is 0 Å². The first-order valence-corrected chi connectivity index (χ1v) is 5.33. The molecule has 0 atom stereocenters. The third kappa shape index (κ3) is 2.68. The molecular weight excluding hydrogens is 232 g/mol. The van der Waals surface area contributed by atoms with Gasteiger partial charge in [0.15, 0.2) is 0 Å². The molecule has 0 aliphatic heterocycles. The number of rotatable bonds is 1. The Kier molecular flexibility index (Phi) is 4.48. The Balaban J connectivity index is 0.000000492. The summed E-state index contributed by atoms with van der Waals surface area (Å²) in [6, 6.07) is 5.83. The lowest BCUT2D eigenvalue weighted by Gasteiger charge is -2.09. The van der Waals surface area contributed by atoms with Crippen LogP contribution >= 0.6 is 0 Å². The van der Waals surface area contributed by atoms with Crippen molar-refractivity contribution in [1.82, 2.24) is 4.98 Å². The fraction of sp³-hybridized carbons (Fsp3) is 0.231. The van der Waals surface area contributed by atoms with E-state index >= 15 is 0 Å². The molecule has 0 aliphatic rings. The maximum atomic E-state index is 8.36. The average molecular weight is 248 g/mol. The van der Waals surface area contributed by atoms with Crippen molar-refractivity contribution in [3.63, 3.8) is 0 Å². The van der Waals surface area contributed by atoms with Gasteiger partial charge in [0.05, 0.1) is 12.6 Å². The second-order valence-corrected chi connectivity index (χ2v) is 3.76. The molecule has 0 saturated carbocycles. The number of hydrogen-bond donors (Lipinski definition) is 2. The van der Waals surface area contributed by atoms with E-state index in [1.807, 2.05) is 32.0 Å². The quantitative estimate of drug-likeness (QED) is 0.596. The van der Waals surface area contributed by atoms with Crippen LogP contribution in [0.25, 0.3) is 10.9 Å². The number of nitrogens with two attached hydrogens (primary N) is 1. The Morgan fingerprint density at radius 3 is 2.56 bits per heavy atom. The summed E-state index contributed by atoms with van der Waals surface area (Å²) in [7, 11) is 1.62. The Bertz CT molecular complexity index is 568. The van der Waals surface area contributed by atoms with Gasteiger partial charge in [0.2, 0.25) is 5.88 Å².